The predicted octanol–water partition coefficient (Wildman–Crippen LogP) is 3.86. The van der Waals surface area contributed by atoms with E-state index in [-0.39, 0.29) is 4.90 Å². The number of hydrazone groups is 1. The molecular formula is C19H16BrN3O3S2. The topological polar surface area (TPSA) is 78.8 Å². The van der Waals surface area contributed by atoms with Gasteiger partial charge in [0.15, 0.2) is 0 Å². The van der Waals surface area contributed by atoms with Crippen molar-refractivity contribution in [1.82, 2.24) is 5.43 Å². The summed E-state index contributed by atoms with van der Waals surface area (Å²) in [7, 11) is -3.92. The second-order valence-electron chi connectivity index (χ2n) is 5.61. The first-order chi connectivity index (χ1) is 13.5. The van der Waals surface area contributed by atoms with E-state index < -0.39 is 22.5 Å². The third kappa shape index (κ3) is 5.06. The molecule has 6 nitrogen and oxygen atoms in total. The summed E-state index contributed by atoms with van der Waals surface area (Å²) in [6.07, 6.45) is 1.51. The molecule has 28 heavy (non-hydrogen) atoms. The second-order valence-corrected chi connectivity index (χ2v) is 9.37. The van der Waals surface area contributed by atoms with E-state index in [1.54, 1.807) is 42.5 Å². The zero-order valence-electron chi connectivity index (χ0n) is 14.5. The Balaban J connectivity index is 1.84. The average Bonchev–Trinajstić information content (AvgIpc) is 3.21. The van der Waals surface area contributed by atoms with Crippen LogP contribution < -0.4 is 9.73 Å². The third-order valence-electron chi connectivity index (χ3n) is 3.66. The third-order valence-corrected chi connectivity index (χ3v) is 6.78. The van der Waals surface area contributed by atoms with Gasteiger partial charge in [0.05, 0.1) is 16.8 Å². The monoisotopic (exact) mass is 477 g/mol. The summed E-state index contributed by atoms with van der Waals surface area (Å²) in [6, 6.07) is 18.4. The van der Waals surface area contributed by atoms with Crippen LogP contribution in [0.1, 0.15) is 4.88 Å². The van der Waals surface area contributed by atoms with Crippen LogP contribution >= 0.6 is 27.3 Å². The van der Waals surface area contributed by atoms with E-state index in [9.17, 15) is 13.2 Å². The fourth-order valence-electron chi connectivity index (χ4n) is 2.34. The zero-order valence-corrected chi connectivity index (χ0v) is 17.7. The molecule has 0 aliphatic heterocycles. The van der Waals surface area contributed by atoms with E-state index in [0.717, 1.165) is 13.7 Å². The van der Waals surface area contributed by atoms with Gasteiger partial charge in [-0.3, -0.25) is 9.10 Å². The summed E-state index contributed by atoms with van der Waals surface area (Å²) in [5.41, 5.74) is 2.76. The molecule has 0 unspecified atom stereocenters. The minimum absolute atomic E-state index is 0.104. The number of hydrogen-bond acceptors (Lipinski definition) is 5. The standard InChI is InChI=1S/C19H16BrN3O3S2/c20-15-8-10-16(11-9-15)23(28(25,26)18-6-2-1-3-7-18)14-19(24)22-21-13-17-5-4-12-27-17/h1-13H,14H2,(H,22,24)/b21-13-. The number of carbonyl (C=O) groups is 1. The van der Waals surface area contributed by atoms with E-state index in [1.807, 2.05) is 17.5 Å². The van der Waals surface area contributed by atoms with Gasteiger partial charge in [0.2, 0.25) is 0 Å². The van der Waals surface area contributed by atoms with Crippen molar-refractivity contribution in [1.29, 1.82) is 0 Å². The number of sulfonamides is 1. The van der Waals surface area contributed by atoms with Crippen LogP contribution in [0, 0.1) is 0 Å². The maximum atomic E-state index is 13.1. The van der Waals surface area contributed by atoms with Crippen molar-refractivity contribution >= 4 is 55.1 Å². The van der Waals surface area contributed by atoms with Gasteiger partial charge < -0.3 is 0 Å². The molecule has 3 rings (SSSR count). The normalized spacial score (nSPS) is 11.5. The van der Waals surface area contributed by atoms with Crippen LogP contribution in [-0.2, 0) is 14.8 Å². The second kappa shape index (κ2) is 9.13. The molecule has 0 atom stereocenters. The lowest BCUT2D eigenvalue weighted by atomic mass is 10.3. The molecule has 0 fully saturated rings. The molecule has 0 bridgehead atoms. The highest BCUT2D eigenvalue weighted by Crippen LogP contribution is 2.25. The zero-order chi connectivity index (χ0) is 20.0. The summed E-state index contributed by atoms with van der Waals surface area (Å²) >= 11 is 4.81. The molecule has 0 aliphatic carbocycles. The van der Waals surface area contributed by atoms with Gasteiger partial charge >= 0.3 is 0 Å². The van der Waals surface area contributed by atoms with Crippen LogP contribution in [0.4, 0.5) is 5.69 Å². The summed E-state index contributed by atoms with van der Waals surface area (Å²) in [5.74, 6) is -0.546. The summed E-state index contributed by atoms with van der Waals surface area (Å²) in [5, 5.41) is 5.78. The molecule has 0 radical (unpaired) electrons. The van der Waals surface area contributed by atoms with Crippen molar-refractivity contribution in [2.45, 2.75) is 4.90 Å². The van der Waals surface area contributed by atoms with E-state index >= 15 is 0 Å². The van der Waals surface area contributed by atoms with Crippen LogP contribution in [0.2, 0.25) is 0 Å². The van der Waals surface area contributed by atoms with Crippen molar-refractivity contribution in [3.05, 3.63) is 81.5 Å². The Bertz CT molecular complexity index is 1050. The Kier molecular flexibility index (Phi) is 6.61. The predicted molar refractivity (Wildman–Crippen MR) is 115 cm³/mol. The average molecular weight is 478 g/mol. The SMILES string of the molecule is O=C(CN(c1ccc(Br)cc1)S(=O)(=O)c1ccccc1)N/N=C\c1cccs1. The highest BCUT2D eigenvalue weighted by Gasteiger charge is 2.27. The molecule has 0 spiro atoms. The first kappa shape index (κ1) is 20.2. The Morgan fingerprint density at radius 1 is 1.07 bits per heavy atom. The summed E-state index contributed by atoms with van der Waals surface area (Å²) in [4.78, 5) is 13.3. The maximum absolute atomic E-state index is 13.1. The Morgan fingerprint density at radius 3 is 2.43 bits per heavy atom. The quantitative estimate of drug-likeness (QED) is 0.414. The van der Waals surface area contributed by atoms with Gasteiger partial charge in [-0.15, -0.1) is 11.3 Å². The van der Waals surface area contributed by atoms with Crippen LogP contribution in [0.25, 0.3) is 0 Å². The maximum Gasteiger partial charge on any atom is 0.264 e. The van der Waals surface area contributed by atoms with Gasteiger partial charge in [-0.2, -0.15) is 5.10 Å². The van der Waals surface area contributed by atoms with Crippen LogP contribution in [0.15, 0.2) is 86.6 Å². The molecule has 144 valence electrons. The van der Waals surface area contributed by atoms with Crippen molar-refractivity contribution in [2.75, 3.05) is 10.8 Å². The van der Waals surface area contributed by atoms with Crippen molar-refractivity contribution in [3.8, 4) is 0 Å². The molecule has 1 aromatic heterocycles. The van der Waals surface area contributed by atoms with Gasteiger partial charge in [0, 0.05) is 9.35 Å². The lowest BCUT2D eigenvalue weighted by molar-refractivity contribution is -0.119. The Labute approximate surface area is 175 Å². The molecular weight excluding hydrogens is 462 g/mol. The largest absolute Gasteiger partial charge is 0.271 e. The number of benzene rings is 2. The van der Waals surface area contributed by atoms with Crippen molar-refractivity contribution in [2.24, 2.45) is 5.10 Å². The van der Waals surface area contributed by atoms with Crippen molar-refractivity contribution in [3.63, 3.8) is 0 Å². The number of hydrogen-bond donors (Lipinski definition) is 1. The minimum atomic E-state index is -3.92. The number of nitrogens with zero attached hydrogens (tertiary/aromatic N) is 2. The fourth-order valence-corrected chi connectivity index (χ4v) is 4.63. The van der Waals surface area contributed by atoms with E-state index in [2.05, 4.69) is 26.5 Å². The number of amides is 1. The van der Waals surface area contributed by atoms with Gasteiger partial charge in [-0.25, -0.2) is 13.8 Å². The molecule has 9 heteroatoms. The number of anilines is 1. The Morgan fingerprint density at radius 2 is 1.79 bits per heavy atom. The van der Waals surface area contributed by atoms with Crippen LogP contribution in [0.3, 0.4) is 0 Å². The Hall–Kier alpha value is -2.49. The van der Waals surface area contributed by atoms with Crippen molar-refractivity contribution < 1.29 is 13.2 Å². The van der Waals surface area contributed by atoms with Crippen LogP contribution in [-0.4, -0.2) is 27.1 Å². The smallest absolute Gasteiger partial charge is 0.264 e. The van der Waals surface area contributed by atoms with E-state index in [4.69, 9.17) is 0 Å². The van der Waals surface area contributed by atoms with Gasteiger partial charge in [-0.05, 0) is 47.8 Å². The number of carbonyl (C=O) groups excluding carboxylic acids is 1. The fraction of sp³-hybridized carbons (Fsp3) is 0.0526. The molecule has 3 aromatic rings. The first-order valence-electron chi connectivity index (χ1n) is 8.15. The molecule has 0 saturated carbocycles. The highest BCUT2D eigenvalue weighted by molar-refractivity contribution is 9.10. The number of halogens is 1. The summed E-state index contributed by atoms with van der Waals surface area (Å²) in [6.45, 7) is -0.402. The molecule has 0 saturated heterocycles. The molecule has 1 amide bonds. The van der Waals surface area contributed by atoms with E-state index in [1.165, 1.54) is 29.7 Å². The molecule has 1 heterocycles. The molecule has 0 aliphatic rings. The van der Waals surface area contributed by atoms with Gasteiger partial charge in [0.1, 0.15) is 6.54 Å². The highest BCUT2D eigenvalue weighted by atomic mass is 79.9. The van der Waals surface area contributed by atoms with Crippen LogP contribution in [0.5, 0.6) is 0 Å². The van der Waals surface area contributed by atoms with E-state index in [0.29, 0.717) is 5.69 Å². The number of nitrogens with one attached hydrogen (secondary N) is 1. The van der Waals surface area contributed by atoms with Gasteiger partial charge in [-0.1, -0.05) is 40.2 Å². The number of thiophene rings is 1. The minimum Gasteiger partial charge on any atom is -0.271 e. The molecule has 2 aromatic carbocycles. The lowest BCUT2D eigenvalue weighted by Gasteiger charge is -2.23. The number of rotatable bonds is 7. The first-order valence-corrected chi connectivity index (χ1v) is 11.3. The molecule has 1 N–H and O–H groups in total. The van der Waals surface area contributed by atoms with Gasteiger partial charge in [0.25, 0.3) is 15.9 Å². The lowest BCUT2D eigenvalue weighted by Crippen LogP contribution is -2.39. The summed E-state index contributed by atoms with van der Waals surface area (Å²) < 4.78 is 28.1.